The van der Waals surface area contributed by atoms with Gasteiger partial charge in [0.25, 0.3) is 5.91 Å². The summed E-state index contributed by atoms with van der Waals surface area (Å²) in [6.45, 7) is 0. The second kappa shape index (κ2) is 7.77. The Balaban J connectivity index is 2.20. The zero-order chi connectivity index (χ0) is 18.4. The molecule has 0 fully saturated rings. The summed E-state index contributed by atoms with van der Waals surface area (Å²) in [6.07, 6.45) is 1.27. The second-order valence-corrected chi connectivity index (χ2v) is 4.85. The van der Waals surface area contributed by atoms with E-state index < -0.39 is 10.8 Å². The predicted molar refractivity (Wildman–Crippen MR) is 92.1 cm³/mol. The van der Waals surface area contributed by atoms with Crippen molar-refractivity contribution in [3.05, 3.63) is 57.6 Å². The number of nitro benzene ring substituents is 1. The Kier molecular flexibility index (Phi) is 5.51. The van der Waals surface area contributed by atoms with Gasteiger partial charge >= 0.3 is 5.69 Å². The number of benzene rings is 2. The molecule has 0 spiro atoms. The van der Waals surface area contributed by atoms with Crippen LogP contribution >= 0.6 is 0 Å². The van der Waals surface area contributed by atoms with E-state index in [1.165, 1.54) is 32.6 Å². The highest BCUT2D eigenvalue weighted by Gasteiger charge is 2.21. The Hall–Kier alpha value is -3.62. The van der Waals surface area contributed by atoms with Crippen LogP contribution in [0.15, 0.2) is 41.5 Å². The first-order valence-corrected chi connectivity index (χ1v) is 7.05. The number of ether oxygens (including phenoxy) is 2. The van der Waals surface area contributed by atoms with E-state index in [9.17, 15) is 14.9 Å². The number of nitrogen functional groups attached to an aromatic ring is 1. The highest BCUT2D eigenvalue weighted by molar-refractivity contribution is 5.95. The third kappa shape index (κ3) is 4.22. The fraction of sp³-hybridized carbons (Fsp3) is 0.125. The lowest BCUT2D eigenvalue weighted by Crippen LogP contribution is -2.17. The molecule has 0 bridgehead atoms. The van der Waals surface area contributed by atoms with Crippen molar-refractivity contribution in [2.75, 3.05) is 20.0 Å². The van der Waals surface area contributed by atoms with E-state index in [4.69, 9.17) is 15.2 Å². The first-order chi connectivity index (χ1) is 12.0. The number of anilines is 1. The molecule has 2 rings (SSSR count). The molecule has 0 unspecified atom stereocenters. The molecule has 0 aliphatic heterocycles. The summed E-state index contributed by atoms with van der Waals surface area (Å²) in [5, 5.41) is 14.9. The number of carbonyl (C=O) groups excluding carboxylic acids is 1. The van der Waals surface area contributed by atoms with Crippen LogP contribution in [0.25, 0.3) is 0 Å². The first-order valence-electron chi connectivity index (χ1n) is 7.05. The number of hydrazone groups is 1. The van der Waals surface area contributed by atoms with Crippen LogP contribution < -0.4 is 20.6 Å². The van der Waals surface area contributed by atoms with E-state index in [2.05, 4.69) is 10.5 Å². The maximum atomic E-state index is 11.9. The third-order valence-corrected chi connectivity index (χ3v) is 3.23. The van der Waals surface area contributed by atoms with E-state index in [1.807, 2.05) is 0 Å². The average Bonchev–Trinajstić information content (AvgIpc) is 2.61. The second-order valence-electron chi connectivity index (χ2n) is 4.85. The standard InChI is InChI=1S/C16H16N4O5/c1-24-14-8-10(7-13(20(22)23)15(14)25-2)9-18-19-16(21)11-3-5-12(17)6-4-11/h3-9H,17H2,1-2H3,(H,19,21)/b18-9-. The van der Waals surface area contributed by atoms with Crippen molar-refractivity contribution >= 4 is 23.5 Å². The van der Waals surface area contributed by atoms with Crippen LogP contribution in [0.2, 0.25) is 0 Å². The van der Waals surface area contributed by atoms with Gasteiger partial charge in [-0.2, -0.15) is 5.10 Å². The van der Waals surface area contributed by atoms with Gasteiger partial charge in [-0.1, -0.05) is 0 Å². The van der Waals surface area contributed by atoms with Gasteiger partial charge in [0.2, 0.25) is 5.75 Å². The Labute approximate surface area is 143 Å². The molecule has 2 aromatic rings. The van der Waals surface area contributed by atoms with Crippen molar-refractivity contribution in [3.8, 4) is 11.5 Å². The molecule has 25 heavy (non-hydrogen) atoms. The normalized spacial score (nSPS) is 10.5. The molecule has 1 amide bonds. The lowest BCUT2D eigenvalue weighted by atomic mass is 10.2. The molecule has 130 valence electrons. The van der Waals surface area contributed by atoms with E-state index >= 15 is 0 Å². The lowest BCUT2D eigenvalue weighted by molar-refractivity contribution is -0.385. The topological polar surface area (TPSA) is 129 Å². The maximum Gasteiger partial charge on any atom is 0.315 e. The van der Waals surface area contributed by atoms with Crippen molar-refractivity contribution in [2.45, 2.75) is 0 Å². The van der Waals surface area contributed by atoms with Crippen LogP contribution in [-0.2, 0) is 0 Å². The van der Waals surface area contributed by atoms with Crippen LogP contribution in [0.1, 0.15) is 15.9 Å². The van der Waals surface area contributed by atoms with Crippen molar-refractivity contribution < 1.29 is 19.2 Å². The zero-order valence-electron chi connectivity index (χ0n) is 13.6. The van der Waals surface area contributed by atoms with E-state index in [1.54, 1.807) is 24.3 Å². The summed E-state index contributed by atoms with van der Waals surface area (Å²) in [4.78, 5) is 22.5. The highest BCUT2D eigenvalue weighted by atomic mass is 16.6. The Morgan fingerprint density at radius 2 is 1.92 bits per heavy atom. The molecule has 9 nitrogen and oxygen atoms in total. The average molecular weight is 344 g/mol. The largest absolute Gasteiger partial charge is 0.493 e. The van der Waals surface area contributed by atoms with Gasteiger partial charge in [0.15, 0.2) is 5.75 Å². The van der Waals surface area contributed by atoms with Gasteiger partial charge in [-0.3, -0.25) is 14.9 Å². The minimum absolute atomic E-state index is 0.00978. The quantitative estimate of drug-likeness (QED) is 0.357. The van der Waals surface area contributed by atoms with Gasteiger partial charge in [0.05, 0.1) is 25.4 Å². The molecule has 2 aromatic carbocycles. The molecule has 0 saturated heterocycles. The summed E-state index contributed by atoms with van der Waals surface area (Å²) in [5.41, 5.74) is 8.90. The first kappa shape index (κ1) is 17.7. The number of nitrogens with two attached hydrogens (primary N) is 1. The van der Waals surface area contributed by atoms with Crippen molar-refractivity contribution in [1.29, 1.82) is 0 Å². The minimum atomic E-state index is -0.592. The summed E-state index contributed by atoms with van der Waals surface area (Å²) in [7, 11) is 2.68. The number of nitro groups is 1. The number of rotatable bonds is 6. The molecular formula is C16H16N4O5. The van der Waals surface area contributed by atoms with Gasteiger partial charge in [0, 0.05) is 22.9 Å². The number of hydrogen-bond acceptors (Lipinski definition) is 7. The SMILES string of the molecule is COc1cc(/C=N\NC(=O)c2ccc(N)cc2)cc([N+](=O)[O-])c1OC. The van der Waals surface area contributed by atoms with Gasteiger partial charge in [-0.15, -0.1) is 0 Å². The van der Waals surface area contributed by atoms with Crippen molar-refractivity contribution in [2.24, 2.45) is 5.10 Å². The smallest absolute Gasteiger partial charge is 0.315 e. The third-order valence-electron chi connectivity index (χ3n) is 3.23. The molecule has 0 saturated carbocycles. The Morgan fingerprint density at radius 3 is 2.48 bits per heavy atom. The monoisotopic (exact) mass is 344 g/mol. The van der Waals surface area contributed by atoms with Crippen LogP contribution in [0.3, 0.4) is 0 Å². The van der Waals surface area contributed by atoms with Crippen LogP contribution in [-0.4, -0.2) is 31.3 Å². The molecule has 3 N–H and O–H groups in total. The van der Waals surface area contributed by atoms with E-state index in [-0.39, 0.29) is 17.2 Å². The highest BCUT2D eigenvalue weighted by Crippen LogP contribution is 2.37. The van der Waals surface area contributed by atoms with Gasteiger partial charge in [0.1, 0.15) is 0 Å². The number of amides is 1. The lowest BCUT2D eigenvalue weighted by Gasteiger charge is -2.08. The van der Waals surface area contributed by atoms with E-state index in [0.717, 1.165) is 0 Å². The molecule has 0 heterocycles. The molecular weight excluding hydrogens is 328 g/mol. The van der Waals surface area contributed by atoms with E-state index in [0.29, 0.717) is 16.8 Å². The summed E-state index contributed by atoms with van der Waals surface area (Å²) in [6, 6.07) is 9.07. The molecule has 0 aliphatic carbocycles. The Bertz CT molecular complexity index is 818. The van der Waals surface area contributed by atoms with Crippen LogP contribution in [0.5, 0.6) is 11.5 Å². The van der Waals surface area contributed by atoms with Gasteiger partial charge in [-0.25, -0.2) is 5.43 Å². The summed E-state index contributed by atoms with van der Waals surface area (Å²) >= 11 is 0. The molecule has 0 radical (unpaired) electrons. The molecule has 9 heteroatoms. The predicted octanol–water partition coefficient (Wildman–Crippen LogP) is 1.96. The summed E-state index contributed by atoms with van der Waals surface area (Å²) in [5.74, 6) is -0.246. The van der Waals surface area contributed by atoms with Crippen molar-refractivity contribution in [1.82, 2.24) is 5.43 Å². The maximum absolute atomic E-state index is 11.9. The number of hydrogen-bond donors (Lipinski definition) is 2. The Morgan fingerprint density at radius 1 is 1.24 bits per heavy atom. The van der Waals surface area contributed by atoms with Gasteiger partial charge in [-0.05, 0) is 30.3 Å². The van der Waals surface area contributed by atoms with Crippen LogP contribution in [0, 0.1) is 10.1 Å². The fourth-order valence-corrected chi connectivity index (χ4v) is 2.04. The van der Waals surface area contributed by atoms with Gasteiger partial charge < -0.3 is 15.2 Å². The van der Waals surface area contributed by atoms with Crippen molar-refractivity contribution in [3.63, 3.8) is 0 Å². The fourth-order valence-electron chi connectivity index (χ4n) is 2.04. The molecule has 0 aliphatic rings. The molecule has 0 atom stereocenters. The zero-order valence-corrected chi connectivity index (χ0v) is 13.6. The number of methoxy groups -OCH3 is 2. The number of nitrogens with one attached hydrogen (secondary N) is 1. The number of nitrogens with zero attached hydrogens (tertiary/aromatic N) is 2. The van der Waals surface area contributed by atoms with Crippen LogP contribution in [0.4, 0.5) is 11.4 Å². The number of carbonyl (C=O) groups is 1. The minimum Gasteiger partial charge on any atom is -0.493 e. The molecule has 0 aromatic heterocycles. The summed E-state index contributed by atoms with van der Waals surface area (Å²) < 4.78 is 10.1.